The smallest absolute Gasteiger partial charge is 0.0999 e. The molecule has 1 aromatic heterocycles. The summed E-state index contributed by atoms with van der Waals surface area (Å²) in [7, 11) is 0. The lowest BCUT2D eigenvalue weighted by Crippen LogP contribution is -2.29. The molecule has 0 aromatic carbocycles. The molecule has 2 nitrogen and oxygen atoms in total. The number of thiophene rings is 1. The predicted molar refractivity (Wildman–Crippen MR) is 68.5 cm³/mol. The highest BCUT2D eigenvalue weighted by Gasteiger charge is 2.17. The fourth-order valence-corrected chi connectivity index (χ4v) is 2.01. The van der Waals surface area contributed by atoms with Crippen molar-refractivity contribution in [2.45, 2.75) is 40.7 Å². The Balaban J connectivity index is 2.83. The molecule has 1 heterocycles. The van der Waals surface area contributed by atoms with Gasteiger partial charge in [0, 0.05) is 15.2 Å². The van der Waals surface area contributed by atoms with Gasteiger partial charge in [0.25, 0.3) is 0 Å². The number of nitrogens with two attached hydrogens (primary N) is 1. The van der Waals surface area contributed by atoms with Crippen molar-refractivity contribution >= 4 is 17.2 Å². The zero-order chi connectivity index (χ0) is 11.6. The lowest BCUT2D eigenvalue weighted by atomic mass is 9.95. The van der Waals surface area contributed by atoms with Crippen LogP contribution < -0.4 is 5.73 Å². The van der Waals surface area contributed by atoms with Crippen LogP contribution in [0.15, 0.2) is 17.1 Å². The number of nitrogens with zero attached hydrogens (tertiary/aromatic N) is 1. The van der Waals surface area contributed by atoms with E-state index in [0.29, 0.717) is 0 Å². The fourth-order valence-electron chi connectivity index (χ4n) is 1.14. The first-order chi connectivity index (χ1) is 6.80. The molecule has 1 rings (SSSR count). The molecular weight excluding hydrogens is 204 g/mol. The van der Waals surface area contributed by atoms with Gasteiger partial charge in [-0.15, -0.1) is 11.3 Å². The maximum absolute atomic E-state index is 5.95. The Bertz CT molecular complexity index is 358. The summed E-state index contributed by atoms with van der Waals surface area (Å²) in [6.45, 7) is 10.4. The van der Waals surface area contributed by atoms with Gasteiger partial charge in [-0.1, -0.05) is 20.8 Å². The Morgan fingerprint density at radius 1 is 1.40 bits per heavy atom. The molecule has 0 bridgehead atoms. The number of hydrogen-bond donors (Lipinski definition) is 1. The Morgan fingerprint density at radius 2 is 2.00 bits per heavy atom. The molecule has 0 radical (unpaired) electrons. The minimum Gasteiger partial charge on any atom is -0.387 e. The first-order valence-corrected chi connectivity index (χ1v) is 6.02. The molecule has 84 valence electrons. The highest BCUT2D eigenvalue weighted by atomic mass is 32.1. The zero-order valence-electron chi connectivity index (χ0n) is 10.2. The number of rotatable bonds is 2. The third-order valence-electron chi connectivity index (χ3n) is 2.27. The van der Waals surface area contributed by atoms with Crippen LogP contribution in [0.5, 0.6) is 0 Å². The van der Waals surface area contributed by atoms with Crippen LogP contribution >= 0.6 is 11.3 Å². The topological polar surface area (TPSA) is 38.4 Å². The predicted octanol–water partition coefficient (Wildman–Crippen LogP) is 3.52. The third kappa shape index (κ3) is 3.34. The largest absolute Gasteiger partial charge is 0.387 e. The van der Waals surface area contributed by atoms with Crippen molar-refractivity contribution in [2.24, 2.45) is 16.1 Å². The maximum Gasteiger partial charge on any atom is 0.0999 e. The summed E-state index contributed by atoms with van der Waals surface area (Å²) in [5.74, 6) is 0.723. The van der Waals surface area contributed by atoms with E-state index in [-0.39, 0.29) is 11.5 Å². The van der Waals surface area contributed by atoms with Crippen molar-refractivity contribution < 1.29 is 0 Å². The van der Waals surface area contributed by atoms with E-state index in [1.165, 1.54) is 9.75 Å². The molecule has 15 heavy (non-hydrogen) atoms. The Hall–Kier alpha value is -0.830. The van der Waals surface area contributed by atoms with Gasteiger partial charge in [0.15, 0.2) is 0 Å². The van der Waals surface area contributed by atoms with E-state index in [1.54, 1.807) is 11.3 Å². The van der Waals surface area contributed by atoms with Crippen LogP contribution in [0.2, 0.25) is 0 Å². The van der Waals surface area contributed by atoms with E-state index in [9.17, 15) is 0 Å². The van der Waals surface area contributed by atoms with Crippen LogP contribution in [-0.4, -0.2) is 5.84 Å². The Labute approximate surface area is 96.2 Å². The van der Waals surface area contributed by atoms with Gasteiger partial charge in [0.1, 0.15) is 0 Å². The van der Waals surface area contributed by atoms with Crippen LogP contribution in [0.4, 0.5) is 0 Å². The van der Waals surface area contributed by atoms with E-state index in [4.69, 9.17) is 5.73 Å². The van der Waals surface area contributed by atoms with E-state index < -0.39 is 0 Å². The summed E-state index contributed by atoms with van der Waals surface area (Å²) in [6.07, 6.45) is 0. The van der Waals surface area contributed by atoms with Crippen molar-refractivity contribution in [1.82, 2.24) is 0 Å². The van der Waals surface area contributed by atoms with Crippen LogP contribution in [0.25, 0.3) is 0 Å². The van der Waals surface area contributed by atoms with Gasteiger partial charge in [0.2, 0.25) is 0 Å². The van der Waals surface area contributed by atoms with E-state index in [2.05, 4.69) is 51.7 Å². The van der Waals surface area contributed by atoms with E-state index >= 15 is 0 Å². The van der Waals surface area contributed by atoms with Gasteiger partial charge in [0.05, 0.1) is 11.9 Å². The molecule has 3 heteroatoms. The van der Waals surface area contributed by atoms with Crippen molar-refractivity contribution in [3.05, 3.63) is 21.9 Å². The zero-order valence-corrected chi connectivity index (χ0v) is 11.0. The number of aryl methyl sites for hydroxylation is 1. The molecule has 0 fully saturated rings. The SMILES string of the molecule is Cc1ccc(C(C)N=C(N)C(C)(C)C)s1. The summed E-state index contributed by atoms with van der Waals surface area (Å²) in [6, 6.07) is 4.42. The lowest BCUT2D eigenvalue weighted by Gasteiger charge is -2.19. The van der Waals surface area contributed by atoms with Crippen LogP contribution in [0.3, 0.4) is 0 Å². The van der Waals surface area contributed by atoms with E-state index in [1.807, 2.05) is 0 Å². The molecule has 1 aromatic rings. The summed E-state index contributed by atoms with van der Waals surface area (Å²) >= 11 is 1.79. The molecule has 0 aliphatic carbocycles. The molecule has 1 atom stereocenters. The highest BCUT2D eigenvalue weighted by molar-refractivity contribution is 7.12. The minimum absolute atomic E-state index is 0.0411. The van der Waals surface area contributed by atoms with Gasteiger partial charge in [-0.05, 0) is 26.0 Å². The fraction of sp³-hybridized carbons (Fsp3) is 0.583. The van der Waals surface area contributed by atoms with Gasteiger partial charge in [-0.25, -0.2) is 0 Å². The number of hydrogen-bond acceptors (Lipinski definition) is 2. The standard InChI is InChI=1S/C12H20N2S/c1-8-6-7-10(15-8)9(2)14-11(13)12(3,4)5/h6-7,9H,1-5H3,(H2,13,14). The Morgan fingerprint density at radius 3 is 2.40 bits per heavy atom. The van der Waals surface area contributed by atoms with Crippen molar-refractivity contribution in [2.75, 3.05) is 0 Å². The Kier molecular flexibility index (Phi) is 3.55. The average molecular weight is 224 g/mol. The third-order valence-corrected chi connectivity index (χ3v) is 3.45. The first kappa shape index (κ1) is 12.2. The molecule has 0 aliphatic rings. The van der Waals surface area contributed by atoms with E-state index in [0.717, 1.165) is 5.84 Å². The quantitative estimate of drug-likeness (QED) is 0.606. The molecule has 0 saturated carbocycles. The average Bonchev–Trinajstić information content (AvgIpc) is 2.50. The van der Waals surface area contributed by atoms with Crippen LogP contribution in [0, 0.1) is 12.3 Å². The normalized spacial score (nSPS) is 15.4. The number of amidine groups is 1. The molecule has 0 saturated heterocycles. The highest BCUT2D eigenvalue weighted by Crippen LogP contribution is 2.26. The second-order valence-corrected chi connectivity index (χ2v) is 6.21. The molecule has 1 unspecified atom stereocenters. The van der Waals surface area contributed by atoms with Gasteiger partial charge >= 0.3 is 0 Å². The van der Waals surface area contributed by atoms with Gasteiger partial charge in [-0.3, -0.25) is 4.99 Å². The lowest BCUT2D eigenvalue weighted by molar-refractivity contribution is 0.576. The number of aliphatic imine (C=N–C) groups is 1. The van der Waals surface area contributed by atoms with Gasteiger partial charge in [-0.2, -0.15) is 0 Å². The van der Waals surface area contributed by atoms with Crippen LogP contribution in [0.1, 0.15) is 43.5 Å². The summed E-state index contributed by atoms with van der Waals surface area (Å²) in [4.78, 5) is 7.13. The molecule has 2 N–H and O–H groups in total. The van der Waals surface area contributed by atoms with Crippen molar-refractivity contribution in [1.29, 1.82) is 0 Å². The summed E-state index contributed by atoms with van der Waals surface area (Å²) < 4.78 is 0. The van der Waals surface area contributed by atoms with Gasteiger partial charge < -0.3 is 5.73 Å². The second-order valence-electron chi connectivity index (χ2n) is 4.89. The molecule has 0 amide bonds. The monoisotopic (exact) mass is 224 g/mol. The summed E-state index contributed by atoms with van der Waals surface area (Å²) in [5, 5.41) is 0. The molecule has 0 spiro atoms. The van der Waals surface area contributed by atoms with Crippen molar-refractivity contribution in [3.63, 3.8) is 0 Å². The maximum atomic E-state index is 5.95. The summed E-state index contributed by atoms with van der Waals surface area (Å²) in [5.41, 5.74) is 5.91. The van der Waals surface area contributed by atoms with Crippen LogP contribution in [-0.2, 0) is 0 Å². The molecular formula is C12H20N2S. The first-order valence-electron chi connectivity index (χ1n) is 5.21. The van der Waals surface area contributed by atoms with Crippen molar-refractivity contribution in [3.8, 4) is 0 Å². The molecule has 0 aliphatic heterocycles. The second kappa shape index (κ2) is 4.35. The minimum atomic E-state index is -0.0411.